The summed E-state index contributed by atoms with van der Waals surface area (Å²) in [5, 5.41) is 11.5. The second-order valence-corrected chi connectivity index (χ2v) is 4.75. The van der Waals surface area contributed by atoms with Crippen LogP contribution in [0.4, 0.5) is 0 Å². The van der Waals surface area contributed by atoms with Crippen LogP contribution in [0.1, 0.15) is 31.3 Å². The molecule has 0 aliphatic rings. The molecule has 6 nitrogen and oxygen atoms in total. The van der Waals surface area contributed by atoms with Gasteiger partial charge in [0.15, 0.2) is 11.5 Å². The molecule has 0 saturated heterocycles. The molecule has 1 atom stereocenters. The van der Waals surface area contributed by atoms with Crippen LogP contribution in [0.15, 0.2) is 24.5 Å². The molecule has 2 rings (SSSR count). The molecule has 21 heavy (non-hydrogen) atoms. The molecule has 114 valence electrons. The molecule has 0 saturated carbocycles. The lowest BCUT2D eigenvalue weighted by atomic mass is 10.1. The molecular formula is C15H22N4O2. The van der Waals surface area contributed by atoms with E-state index in [0.717, 1.165) is 29.4 Å². The van der Waals surface area contributed by atoms with Gasteiger partial charge in [0.1, 0.15) is 12.2 Å². The second kappa shape index (κ2) is 7.08. The van der Waals surface area contributed by atoms with Crippen molar-refractivity contribution in [3.63, 3.8) is 0 Å². The van der Waals surface area contributed by atoms with Crippen LogP contribution in [0, 0.1) is 0 Å². The number of hydrogen-bond donors (Lipinski definition) is 1. The van der Waals surface area contributed by atoms with Crippen molar-refractivity contribution in [2.45, 2.75) is 33.0 Å². The van der Waals surface area contributed by atoms with E-state index in [4.69, 9.17) is 9.47 Å². The zero-order valence-electron chi connectivity index (χ0n) is 13.0. The van der Waals surface area contributed by atoms with Crippen LogP contribution in [-0.2, 0) is 13.1 Å². The predicted octanol–water partition coefficient (Wildman–Crippen LogP) is 2.17. The first kappa shape index (κ1) is 15.3. The van der Waals surface area contributed by atoms with Gasteiger partial charge in [-0.2, -0.15) is 0 Å². The van der Waals surface area contributed by atoms with Crippen molar-refractivity contribution in [1.29, 1.82) is 0 Å². The Hall–Kier alpha value is -2.08. The molecule has 0 radical (unpaired) electrons. The maximum absolute atomic E-state index is 5.33. The van der Waals surface area contributed by atoms with Crippen LogP contribution in [-0.4, -0.2) is 29.0 Å². The van der Waals surface area contributed by atoms with Gasteiger partial charge in [0.25, 0.3) is 0 Å². The predicted molar refractivity (Wildman–Crippen MR) is 80.5 cm³/mol. The molecule has 0 aliphatic heterocycles. The maximum Gasteiger partial charge on any atom is 0.161 e. The van der Waals surface area contributed by atoms with Gasteiger partial charge in [-0.3, -0.25) is 0 Å². The van der Waals surface area contributed by atoms with E-state index in [0.29, 0.717) is 6.54 Å². The quantitative estimate of drug-likeness (QED) is 0.846. The molecule has 0 bridgehead atoms. The smallest absolute Gasteiger partial charge is 0.161 e. The number of nitrogens with one attached hydrogen (secondary N) is 1. The highest BCUT2D eigenvalue weighted by Crippen LogP contribution is 2.29. The number of nitrogens with zero attached hydrogens (tertiary/aromatic N) is 3. The largest absolute Gasteiger partial charge is 0.493 e. The fourth-order valence-electron chi connectivity index (χ4n) is 2.16. The normalized spacial score (nSPS) is 12.2. The highest BCUT2D eigenvalue weighted by Gasteiger charge is 2.11. The Balaban J connectivity index is 2.05. The summed E-state index contributed by atoms with van der Waals surface area (Å²) in [7, 11) is 3.28. The Kier molecular flexibility index (Phi) is 5.16. The molecule has 0 aliphatic carbocycles. The van der Waals surface area contributed by atoms with Gasteiger partial charge < -0.3 is 19.4 Å². The van der Waals surface area contributed by atoms with Gasteiger partial charge >= 0.3 is 0 Å². The zero-order valence-corrected chi connectivity index (χ0v) is 13.0. The number of rotatable bonds is 7. The van der Waals surface area contributed by atoms with Gasteiger partial charge in [0, 0.05) is 12.6 Å². The van der Waals surface area contributed by atoms with Crippen LogP contribution in [0.25, 0.3) is 0 Å². The summed E-state index contributed by atoms with van der Waals surface area (Å²) in [6, 6.07) is 6.11. The van der Waals surface area contributed by atoms with E-state index in [1.54, 1.807) is 20.5 Å². The molecule has 2 aromatic rings. The van der Waals surface area contributed by atoms with Crippen molar-refractivity contribution in [2.24, 2.45) is 0 Å². The summed E-state index contributed by atoms with van der Waals surface area (Å²) in [6.45, 7) is 5.72. The van der Waals surface area contributed by atoms with Crippen LogP contribution in [0.5, 0.6) is 11.5 Å². The van der Waals surface area contributed by atoms with E-state index >= 15 is 0 Å². The van der Waals surface area contributed by atoms with Gasteiger partial charge in [0.2, 0.25) is 0 Å². The van der Waals surface area contributed by atoms with E-state index in [2.05, 4.69) is 29.4 Å². The molecule has 1 unspecified atom stereocenters. The fraction of sp³-hybridized carbons (Fsp3) is 0.467. The first-order valence-electron chi connectivity index (χ1n) is 7.01. The summed E-state index contributed by atoms with van der Waals surface area (Å²) in [5.74, 6) is 2.41. The van der Waals surface area contributed by atoms with E-state index < -0.39 is 0 Å². The first-order valence-corrected chi connectivity index (χ1v) is 7.01. The van der Waals surface area contributed by atoms with Crippen molar-refractivity contribution in [3.05, 3.63) is 35.9 Å². The molecule has 1 heterocycles. The molecule has 6 heteroatoms. The van der Waals surface area contributed by atoms with Gasteiger partial charge in [-0.25, -0.2) is 0 Å². The van der Waals surface area contributed by atoms with Crippen molar-refractivity contribution >= 4 is 0 Å². The summed E-state index contributed by atoms with van der Waals surface area (Å²) < 4.78 is 12.6. The van der Waals surface area contributed by atoms with Crippen LogP contribution >= 0.6 is 0 Å². The molecule has 1 aromatic heterocycles. The van der Waals surface area contributed by atoms with Crippen molar-refractivity contribution in [1.82, 2.24) is 20.1 Å². The van der Waals surface area contributed by atoms with Gasteiger partial charge in [0.05, 0.1) is 20.8 Å². The summed E-state index contributed by atoms with van der Waals surface area (Å²) in [4.78, 5) is 0. The standard InChI is InChI=1S/C15H22N4O2/c1-5-19-10-17-18-15(19)9-16-11(2)12-6-7-13(20-3)14(8-12)21-4/h6-8,10-11,16H,5,9H2,1-4H3. The number of benzene rings is 1. The minimum atomic E-state index is 0.173. The lowest BCUT2D eigenvalue weighted by molar-refractivity contribution is 0.354. The maximum atomic E-state index is 5.33. The Morgan fingerprint density at radius 1 is 1.24 bits per heavy atom. The zero-order chi connectivity index (χ0) is 15.2. The number of aryl methyl sites for hydroxylation is 1. The second-order valence-electron chi connectivity index (χ2n) is 4.75. The third kappa shape index (κ3) is 3.52. The lowest BCUT2D eigenvalue weighted by Gasteiger charge is -2.16. The Labute approximate surface area is 125 Å². The van der Waals surface area contributed by atoms with E-state index in [1.807, 2.05) is 22.8 Å². The topological polar surface area (TPSA) is 61.2 Å². The number of methoxy groups -OCH3 is 2. The Morgan fingerprint density at radius 2 is 2.00 bits per heavy atom. The summed E-state index contributed by atoms with van der Waals surface area (Å²) >= 11 is 0. The summed E-state index contributed by atoms with van der Waals surface area (Å²) in [5.41, 5.74) is 1.13. The highest BCUT2D eigenvalue weighted by molar-refractivity contribution is 5.43. The van der Waals surface area contributed by atoms with Crippen LogP contribution in [0.2, 0.25) is 0 Å². The summed E-state index contributed by atoms with van der Waals surface area (Å²) in [6.07, 6.45) is 1.75. The molecule has 0 fully saturated rings. The van der Waals surface area contributed by atoms with Crippen LogP contribution in [0.3, 0.4) is 0 Å². The van der Waals surface area contributed by atoms with Gasteiger partial charge in [-0.05, 0) is 31.5 Å². The highest BCUT2D eigenvalue weighted by atomic mass is 16.5. The molecular weight excluding hydrogens is 268 g/mol. The molecule has 1 aromatic carbocycles. The van der Waals surface area contributed by atoms with Gasteiger partial charge in [-0.15, -0.1) is 10.2 Å². The lowest BCUT2D eigenvalue weighted by Crippen LogP contribution is -2.20. The third-order valence-electron chi connectivity index (χ3n) is 3.51. The van der Waals surface area contributed by atoms with E-state index in [1.165, 1.54) is 0 Å². The Bertz CT molecular complexity index is 583. The van der Waals surface area contributed by atoms with Crippen molar-refractivity contribution < 1.29 is 9.47 Å². The average molecular weight is 290 g/mol. The number of ether oxygens (including phenoxy) is 2. The minimum Gasteiger partial charge on any atom is -0.493 e. The Morgan fingerprint density at radius 3 is 2.67 bits per heavy atom. The first-order chi connectivity index (χ1) is 10.2. The van der Waals surface area contributed by atoms with Gasteiger partial charge in [-0.1, -0.05) is 6.07 Å². The number of hydrogen-bond acceptors (Lipinski definition) is 5. The average Bonchev–Trinajstić information content (AvgIpc) is 2.99. The van der Waals surface area contributed by atoms with E-state index in [9.17, 15) is 0 Å². The monoisotopic (exact) mass is 290 g/mol. The number of aromatic nitrogens is 3. The molecule has 0 amide bonds. The van der Waals surface area contributed by atoms with Crippen molar-refractivity contribution in [3.8, 4) is 11.5 Å². The SMILES string of the molecule is CCn1cnnc1CNC(C)c1ccc(OC)c(OC)c1. The molecule has 0 spiro atoms. The molecule has 1 N–H and O–H groups in total. The van der Waals surface area contributed by atoms with Crippen molar-refractivity contribution in [2.75, 3.05) is 14.2 Å². The fourth-order valence-corrected chi connectivity index (χ4v) is 2.16. The third-order valence-corrected chi connectivity index (χ3v) is 3.51. The van der Waals surface area contributed by atoms with E-state index in [-0.39, 0.29) is 6.04 Å². The minimum absolute atomic E-state index is 0.173. The van der Waals surface area contributed by atoms with Crippen LogP contribution < -0.4 is 14.8 Å².